The van der Waals surface area contributed by atoms with Gasteiger partial charge in [0, 0.05) is 38.2 Å². The van der Waals surface area contributed by atoms with Crippen LogP contribution in [-0.2, 0) is 4.79 Å². The second-order valence-corrected chi connectivity index (χ2v) is 6.61. The van der Waals surface area contributed by atoms with E-state index in [1.807, 2.05) is 18.7 Å². The number of nitrogens with zero attached hydrogens (tertiary/aromatic N) is 2. The quantitative estimate of drug-likeness (QED) is 0.846. The number of methoxy groups -OCH3 is 1. The Balaban J connectivity index is 2.16. The predicted octanol–water partition coefficient (Wildman–Crippen LogP) is 2.26. The van der Waals surface area contributed by atoms with Crippen LogP contribution in [0.25, 0.3) is 0 Å². The number of amides is 2. The van der Waals surface area contributed by atoms with Crippen molar-refractivity contribution in [2.75, 3.05) is 39.0 Å². The molecule has 0 bridgehead atoms. The molecule has 0 unspecified atom stereocenters. The van der Waals surface area contributed by atoms with Crippen molar-refractivity contribution in [3.8, 4) is 5.75 Å². The van der Waals surface area contributed by atoms with Gasteiger partial charge in [0.05, 0.1) is 23.4 Å². The Morgan fingerprint density at radius 2 is 1.79 bits per heavy atom. The molecule has 1 aliphatic rings. The Morgan fingerprint density at radius 3 is 2.42 bits per heavy atom. The molecule has 0 saturated carbocycles. The van der Waals surface area contributed by atoms with Crippen LogP contribution in [0.4, 0.5) is 5.69 Å². The van der Waals surface area contributed by atoms with E-state index in [9.17, 15) is 9.59 Å². The summed E-state index contributed by atoms with van der Waals surface area (Å²) in [5, 5.41) is 0.325. The van der Waals surface area contributed by atoms with E-state index in [2.05, 4.69) is 0 Å². The zero-order valence-electron chi connectivity index (χ0n) is 14.3. The molecule has 1 saturated heterocycles. The van der Waals surface area contributed by atoms with Crippen molar-refractivity contribution >= 4 is 29.1 Å². The number of ether oxygens (including phenoxy) is 1. The van der Waals surface area contributed by atoms with Crippen LogP contribution < -0.4 is 10.5 Å². The molecule has 0 spiro atoms. The van der Waals surface area contributed by atoms with Crippen LogP contribution in [0.1, 0.15) is 30.6 Å². The number of carbonyl (C=O) groups excluding carboxylic acids is 2. The van der Waals surface area contributed by atoms with Gasteiger partial charge in [-0.1, -0.05) is 25.4 Å². The molecule has 6 nitrogen and oxygen atoms in total. The van der Waals surface area contributed by atoms with Crippen molar-refractivity contribution in [1.82, 2.24) is 9.80 Å². The maximum Gasteiger partial charge on any atom is 0.257 e. The molecule has 7 heteroatoms. The summed E-state index contributed by atoms with van der Waals surface area (Å²) >= 11 is 6.05. The van der Waals surface area contributed by atoms with E-state index in [-0.39, 0.29) is 17.7 Å². The third-order valence-electron chi connectivity index (χ3n) is 4.14. The van der Waals surface area contributed by atoms with Gasteiger partial charge in [0.15, 0.2) is 0 Å². The van der Waals surface area contributed by atoms with E-state index in [1.165, 1.54) is 7.11 Å². The van der Waals surface area contributed by atoms with Gasteiger partial charge in [-0.2, -0.15) is 0 Å². The number of hydrogen-bond acceptors (Lipinski definition) is 4. The average Bonchev–Trinajstić information content (AvgIpc) is 2.81. The van der Waals surface area contributed by atoms with E-state index in [0.29, 0.717) is 48.2 Å². The van der Waals surface area contributed by atoms with Crippen LogP contribution in [0.3, 0.4) is 0 Å². The number of rotatable bonds is 3. The van der Waals surface area contributed by atoms with Gasteiger partial charge >= 0.3 is 0 Å². The van der Waals surface area contributed by atoms with E-state index >= 15 is 0 Å². The van der Waals surface area contributed by atoms with Gasteiger partial charge in [-0.15, -0.1) is 0 Å². The summed E-state index contributed by atoms with van der Waals surface area (Å²) in [6.07, 6.45) is 0.745. The van der Waals surface area contributed by atoms with E-state index in [0.717, 1.165) is 6.42 Å². The lowest BCUT2D eigenvalue weighted by molar-refractivity contribution is -0.134. The third kappa shape index (κ3) is 3.93. The number of hydrogen-bond donors (Lipinski definition) is 1. The normalized spacial score (nSPS) is 15.4. The number of halogens is 1. The van der Waals surface area contributed by atoms with E-state index < -0.39 is 0 Å². The molecule has 2 amide bonds. The number of benzene rings is 1. The number of nitrogen functional groups attached to an aromatic ring is 1. The Kier molecular flexibility index (Phi) is 5.94. The molecule has 1 aromatic carbocycles. The first kappa shape index (κ1) is 18.4. The first-order valence-corrected chi connectivity index (χ1v) is 8.44. The molecule has 0 aliphatic carbocycles. The predicted molar refractivity (Wildman–Crippen MR) is 94.4 cm³/mol. The SMILES string of the molecule is COc1cc(N)c(Cl)cc1C(=O)N1CCCN(C(=O)C(C)C)CC1. The zero-order valence-corrected chi connectivity index (χ0v) is 15.1. The van der Waals surface area contributed by atoms with Gasteiger partial charge in [-0.25, -0.2) is 0 Å². The highest BCUT2D eigenvalue weighted by Gasteiger charge is 2.26. The van der Waals surface area contributed by atoms with Gasteiger partial charge in [0.1, 0.15) is 5.75 Å². The molecule has 0 atom stereocenters. The largest absolute Gasteiger partial charge is 0.496 e. The van der Waals surface area contributed by atoms with Gasteiger partial charge in [0.25, 0.3) is 5.91 Å². The molecule has 132 valence electrons. The number of anilines is 1. The summed E-state index contributed by atoms with van der Waals surface area (Å²) in [5.74, 6) is 0.328. The fourth-order valence-electron chi connectivity index (χ4n) is 2.78. The highest BCUT2D eigenvalue weighted by atomic mass is 35.5. The van der Waals surface area contributed by atoms with Crippen molar-refractivity contribution in [2.45, 2.75) is 20.3 Å². The Bertz CT molecular complexity index is 634. The molecule has 1 heterocycles. The molecule has 1 aromatic rings. The third-order valence-corrected chi connectivity index (χ3v) is 4.47. The minimum atomic E-state index is -0.160. The summed E-state index contributed by atoms with van der Waals surface area (Å²) in [6.45, 7) is 6.05. The minimum Gasteiger partial charge on any atom is -0.496 e. The van der Waals surface area contributed by atoms with Gasteiger partial charge < -0.3 is 20.3 Å². The fraction of sp³-hybridized carbons (Fsp3) is 0.529. The van der Waals surface area contributed by atoms with Gasteiger partial charge in [0.2, 0.25) is 5.91 Å². The van der Waals surface area contributed by atoms with Crippen LogP contribution in [0.2, 0.25) is 5.02 Å². The van der Waals surface area contributed by atoms with Crippen LogP contribution in [0.5, 0.6) is 5.75 Å². The average molecular weight is 354 g/mol. The zero-order chi connectivity index (χ0) is 17.9. The highest BCUT2D eigenvalue weighted by molar-refractivity contribution is 6.33. The summed E-state index contributed by atoms with van der Waals surface area (Å²) < 4.78 is 5.26. The first-order chi connectivity index (χ1) is 11.3. The maximum absolute atomic E-state index is 12.8. The Morgan fingerprint density at radius 1 is 1.17 bits per heavy atom. The molecular formula is C17H24ClN3O3. The molecule has 2 rings (SSSR count). The second-order valence-electron chi connectivity index (χ2n) is 6.20. The van der Waals surface area contributed by atoms with Gasteiger partial charge in [-0.05, 0) is 12.5 Å². The molecule has 0 radical (unpaired) electrons. The van der Waals surface area contributed by atoms with Crippen LogP contribution in [-0.4, -0.2) is 54.9 Å². The minimum absolute atomic E-state index is 0.0387. The lowest BCUT2D eigenvalue weighted by Gasteiger charge is -2.24. The molecular weight excluding hydrogens is 330 g/mol. The maximum atomic E-state index is 12.8. The van der Waals surface area contributed by atoms with Crippen molar-refractivity contribution in [2.24, 2.45) is 5.92 Å². The number of nitrogens with two attached hydrogens (primary N) is 1. The molecule has 2 N–H and O–H groups in total. The van der Waals surface area contributed by atoms with E-state index in [1.54, 1.807) is 17.0 Å². The van der Waals surface area contributed by atoms with Gasteiger partial charge in [-0.3, -0.25) is 9.59 Å². The van der Waals surface area contributed by atoms with Crippen LogP contribution in [0, 0.1) is 5.92 Å². The first-order valence-electron chi connectivity index (χ1n) is 8.06. The molecule has 1 aliphatic heterocycles. The van der Waals surface area contributed by atoms with Crippen molar-refractivity contribution in [1.29, 1.82) is 0 Å². The topological polar surface area (TPSA) is 75.9 Å². The van der Waals surface area contributed by atoms with Crippen molar-refractivity contribution in [3.05, 3.63) is 22.7 Å². The molecule has 1 fully saturated rings. The number of carbonyl (C=O) groups is 2. The van der Waals surface area contributed by atoms with Crippen LogP contribution >= 0.6 is 11.6 Å². The molecule has 24 heavy (non-hydrogen) atoms. The monoisotopic (exact) mass is 353 g/mol. The second kappa shape index (κ2) is 7.75. The standard InChI is InChI=1S/C17H24ClN3O3/c1-11(2)16(22)20-5-4-6-21(8-7-20)17(23)12-9-13(18)14(19)10-15(12)24-3/h9-11H,4-8,19H2,1-3H3. The summed E-state index contributed by atoms with van der Waals surface area (Å²) in [7, 11) is 1.49. The van der Waals surface area contributed by atoms with Crippen molar-refractivity contribution in [3.63, 3.8) is 0 Å². The highest BCUT2D eigenvalue weighted by Crippen LogP contribution is 2.30. The fourth-order valence-corrected chi connectivity index (χ4v) is 2.95. The molecule has 0 aromatic heterocycles. The summed E-state index contributed by atoms with van der Waals surface area (Å²) in [6, 6.07) is 3.10. The Labute approximate surface area is 147 Å². The smallest absolute Gasteiger partial charge is 0.257 e. The Hall–Kier alpha value is -1.95. The summed E-state index contributed by atoms with van der Waals surface area (Å²) in [4.78, 5) is 28.6. The van der Waals surface area contributed by atoms with Crippen LogP contribution in [0.15, 0.2) is 12.1 Å². The van der Waals surface area contributed by atoms with Crippen molar-refractivity contribution < 1.29 is 14.3 Å². The lowest BCUT2D eigenvalue weighted by Crippen LogP contribution is -2.39. The van der Waals surface area contributed by atoms with E-state index in [4.69, 9.17) is 22.1 Å². The summed E-state index contributed by atoms with van der Waals surface area (Å²) in [5.41, 5.74) is 6.53. The lowest BCUT2D eigenvalue weighted by atomic mass is 10.1.